The predicted octanol–water partition coefficient (Wildman–Crippen LogP) is 2.64. The second-order valence-electron chi connectivity index (χ2n) is 6.23. The summed E-state index contributed by atoms with van der Waals surface area (Å²) in [4.78, 5) is 16.1. The van der Waals surface area contributed by atoms with Crippen LogP contribution in [0.3, 0.4) is 0 Å². The summed E-state index contributed by atoms with van der Waals surface area (Å²) < 4.78 is 27.2. The zero-order valence-corrected chi connectivity index (χ0v) is 14.4. The van der Waals surface area contributed by atoms with Gasteiger partial charge in [-0.15, -0.1) is 0 Å². The van der Waals surface area contributed by atoms with E-state index in [1.807, 2.05) is 0 Å². The molecule has 1 unspecified atom stereocenters. The van der Waals surface area contributed by atoms with Crippen LogP contribution < -0.4 is 11.5 Å². The Morgan fingerprint density at radius 1 is 1.04 bits per heavy atom. The standard InChI is InChI=1S/C20H17F2N3O2/c1-11-6-13(3-4-17(11)12-2-5-18(23)25-10-12)20(27,19(24)26)14-7-15(21)9-16(22)8-14/h2-10,27H,1H3,(H2,23,25)(H2,24,26). The first-order valence-electron chi connectivity index (χ1n) is 8.03. The molecule has 0 aliphatic heterocycles. The third kappa shape index (κ3) is 3.37. The first kappa shape index (κ1) is 18.5. The number of nitrogens with zero attached hydrogens (tertiary/aromatic N) is 1. The fourth-order valence-electron chi connectivity index (χ4n) is 2.99. The van der Waals surface area contributed by atoms with Gasteiger partial charge in [0.25, 0.3) is 5.91 Å². The number of benzene rings is 2. The average Bonchev–Trinajstić information content (AvgIpc) is 2.61. The van der Waals surface area contributed by atoms with Gasteiger partial charge < -0.3 is 16.6 Å². The summed E-state index contributed by atoms with van der Waals surface area (Å²) in [6.45, 7) is 1.77. The van der Waals surface area contributed by atoms with Crippen molar-refractivity contribution in [3.8, 4) is 11.1 Å². The molecule has 7 heteroatoms. The first-order valence-corrected chi connectivity index (χ1v) is 8.03. The maximum atomic E-state index is 13.6. The monoisotopic (exact) mass is 369 g/mol. The minimum absolute atomic E-state index is 0.102. The van der Waals surface area contributed by atoms with E-state index in [4.69, 9.17) is 11.5 Å². The van der Waals surface area contributed by atoms with Crippen molar-refractivity contribution in [3.05, 3.63) is 83.1 Å². The molecule has 1 heterocycles. The molecule has 3 aromatic rings. The normalized spacial score (nSPS) is 13.2. The smallest absolute Gasteiger partial charge is 0.258 e. The molecule has 0 saturated heterocycles. The SMILES string of the molecule is Cc1cc(C(O)(C(N)=O)c2cc(F)cc(F)c2)ccc1-c1ccc(N)nc1. The van der Waals surface area contributed by atoms with Crippen molar-refractivity contribution in [2.24, 2.45) is 5.73 Å². The molecule has 0 aliphatic carbocycles. The largest absolute Gasteiger partial charge is 0.384 e. The number of hydrogen-bond donors (Lipinski definition) is 3. The lowest BCUT2D eigenvalue weighted by Gasteiger charge is -2.26. The summed E-state index contributed by atoms with van der Waals surface area (Å²) in [6.07, 6.45) is 1.60. The topological polar surface area (TPSA) is 102 Å². The van der Waals surface area contributed by atoms with Gasteiger partial charge in [0, 0.05) is 23.4 Å². The van der Waals surface area contributed by atoms with E-state index in [0.29, 0.717) is 17.4 Å². The second-order valence-corrected chi connectivity index (χ2v) is 6.23. The maximum Gasteiger partial charge on any atom is 0.258 e. The molecule has 138 valence electrons. The number of rotatable bonds is 4. The third-order valence-electron chi connectivity index (χ3n) is 4.38. The quantitative estimate of drug-likeness (QED) is 0.658. The minimum Gasteiger partial charge on any atom is -0.384 e. The molecule has 0 saturated carbocycles. The number of halogens is 2. The van der Waals surface area contributed by atoms with Crippen LogP contribution in [0.2, 0.25) is 0 Å². The Morgan fingerprint density at radius 3 is 2.22 bits per heavy atom. The van der Waals surface area contributed by atoms with Gasteiger partial charge in [-0.3, -0.25) is 4.79 Å². The van der Waals surface area contributed by atoms with E-state index in [1.165, 1.54) is 6.07 Å². The van der Waals surface area contributed by atoms with Gasteiger partial charge in [-0.05, 0) is 47.9 Å². The Hall–Kier alpha value is -3.32. The Labute approximate surface area is 154 Å². The molecule has 0 bridgehead atoms. The van der Waals surface area contributed by atoms with Crippen LogP contribution >= 0.6 is 0 Å². The lowest BCUT2D eigenvalue weighted by molar-refractivity contribution is -0.133. The summed E-state index contributed by atoms with van der Waals surface area (Å²) in [6, 6.07) is 10.5. The van der Waals surface area contributed by atoms with E-state index in [2.05, 4.69) is 4.98 Å². The van der Waals surface area contributed by atoms with E-state index in [-0.39, 0.29) is 11.1 Å². The highest BCUT2D eigenvalue weighted by Gasteiger charge is 2.39. The van der Waals surface area contributed by atoms with Gasteiger partial charge in [-0.2, -0.15) is 0 Å². The van der Waals surface area contributed by atoms with Crippen molar-refractivity contribution in [2.45, 2.75) is 12.5 Å². The van der Waals surface area contributed by atoms with Crippen LogP contribution in [0, 0.1) is 18.6 Å². The van der Waals surface area contributed by atoms with Crippen LogP contribution in [0.25, 0.3) is 11.1 Å². The molecule has 1 atom stereocenters. The van der Waals surface area contributed by atoms with Gasteiger partial charge in [-0.25, -0.2) is 13.8 Å². The summed E-state index contributed by atoms with van der Waals surface area (Å²) in [5.41, 5.74) is 10.7. The number of aromatic nitrogens is 1. The van der Waals surface area contributed by atoms with Gasteiger partial charge >= 0.3 is 0 Å². The van der Waals surface area contributed by atoms with Crippen LogP contribution in [0.5, 0.6) is 0 Å². The molecule has 0 radical (unpaired) electrons. The zero-order chi connectivity index (χ0) is 19.8. The molecule has 5 N–H and O–H groups in total. The summed E-state index contributed by atoms with van der Waals surface area (Å²) in [5, 5.41) is 11.0. The number of nitrogen functional groups attached to an aromatic ring is 1. The number of pyridine rings is 1. The Kier molecular flexibility index (Phi) is 4.63. The van der Waals surface area contributed by atoms with Crippen molar-refractivity contribution < 1.29 is 18.7 Å². The second kappa shape index (κ2) is 6.77. The molecule has 27 heavy (non-hydrogen) atoms. The number of primary amides is 1. The van der Waals surface area contributed by atoms with Gasteiger partial charge in [-0.1, -0.05) is 18.2 Å². The molecule has 1 aromatic heterocycles. The highest BCUT2D eigenvalue weighted by atomic mass is 19.1. The Morgan fingerprint density at radius 2 is 1.70 bits per heavy atom. The van der Waals surface area contributed by atoms with Crippen molar-refractivity contribution in [3.63, 3.8) is 0 Å². The molecule has 5 nitrogen and oxygen atoms in total. The van der Waals surface area contributed by atoms with E-state index in [9.17, 15) is 18.7 Å². The van der Waals surface area contributed by atoms with E-state index in [1.54, 1.807) is 37.4 Å². The number of aryl methyl sites for hydroxylation is 1. The van der Waals surface area contributed by atoms with E-state index < -0.39 is 23.1 Å². The lowest BCUT2D eigenvalue weighted by Crippen LogP contribution is -2.42. The molecule has 2 aromatic carbocycles. The number of anilines is 1. The molecular weight excluding hydrogens is 352 g/mol. The molecule has 0 fully saturated rings. The van der Waals surface area contributed by atoms with Gasteiger partial charge in [0.2, 0.25) is 0 Å². The van der Waals surface area contributed by atoms with Crippen LogP contribution in [0.4, 0.5) is 14.6 Å². The molecular formula is C20H17F2N3O2. The van der Waals surface area contributed by atoms with Gasteiger partial charge in [0.1, 0.15) is 17.5 Å². The maximum absolute atomic E-state index is 13.6. The van der Waals surface area contributed by atoms with Crippen molar-refractivity contribution >= 4 is 11.7 Å². The van der Waals surface area contributed by atoms with Crippen molar-refractivity contribution in [1.82, 2.24) is 4.98 Å². The number of amides is 1. The number of hydrogen-bond acceptors (Lipinski definition) is 4. The summed E-state index contributed by atoms with van der Waals surface area (Å²) >= 11 is 0. The van der Waals surface area contributed by atoms with Crippen molar-refractivity contribution in [1.29, 1.82) is 0 Å². The number of nitrogens with two attached hydrogens (primary N) is 2. The highest BCUT2D eigenvalue weighted by Crippen LogP contribution is 2.34. The lowest BCUT2D eigenvalue weighted by atomic mass is 9.83. The Balaban J connectivity index is 2.13. The van der Waals surface area contributed by atoms with Crippen LogP contribution in [0.1, 0.15) is 16.7 Å². The van der Waals surface area contributed by atoms with E-state index in [0.717, 1.165) is 23.3 Å². The third-order valence-corrected chi connectivity index (χ3v) is 4.38. The van der Waals surface area contributed by atoms with Gasteiger partial charge in [0.15, 0.2) is 5.60 Å². The fourth-order valence-corrected chi connectivity index (χ4v) is 2.99. The minimum atomic E-state index is -2.38. The predicted molar refractivity (Wildman–Crippen MR) is 97.4 cm³/mol. The fraction of sp³-hybridized carbons (Fsp3) is 0.100. The number of carbonyl (C=O) groups excluding carboxylic acids is 1. The molecule has 3 rings (SSSR count). The van der Waals surface area contributed by atoms with Gasteiger partial charge in [0.05, 0.1) is 0 Å². The summed E-state index contributed by atoms with van der Waals surface area (Å²) in [7, 11) is 0. The first-order chi connectivity index (χ1) is 12.7. The average molecular weight is 369 g/mol. The van der Waals surface area contributed by atoms with E-state index >= 15 is 0 Å². The molecule has 0 spiro atoms. The molecule has 1 amide bonds. The highest BCUT2D eigenvalue weighted by molar-refractivity contribution is 5.89. The van der Waals surface area contributed by atoms with Crippen molar-refractivity contribution in [2.75, 3.05) is 5.73 Å². The summed E-state index contributed by atoms with van der Waals surface area (Å²) in [5.74, 6) is -2.62. The molecule has 0 aliphatic rings. The zero-order valence-electron chi connectivity index (χ0n) is 14.4. The number of carbonyl (C=O) groups is 1. The number of aliphatic hydroxyl groups is 1. The van der Waals surface area contributed by atoms with Crippen LogP contribution in [-0.4, -0.2) is 16.0 Å². The van der Waals surface area contributed by atoms with Crippen LogP contribution in [-0.2, 0) is 10.4 Å². The van der Waals surface area contributed by atoms with Crippen LogP contribution in [0.15, 0.2) is 54.7 Å². The Bertz CT molecular complexity index is 1000.